The van der Waals surface area contributed by atoms with E-state index in [1.165, 1.54) is 0 Å². The molecule has 6 heteroatoms. The van der Waals surface area contributed by atoms with Gasteiger partial charge in [-0.05, 0) is 60.5 Å². The molecule has 28 heavy (non-hydrogen) atoms. The zero-order valence-electron chi connectivity index (χ0n) is 16.9. The molecule has 0 atom stereocenters. The Kier molecular flexibility index (Phi) is 6.18. The minimum atomic E-state index is -0.467. The van der Waals surface area contributed by atoms with Crippen molar-refractivity contribution in [3.8, 4) is 16.9 Å². The molecule has 1 amide bonds. The highest BCUT2D eigenvalue weighted by Crippen LogP contribution is 2.37. The van der Waals surface area contributed by atoms with Crippen molar-refractivity contribution >= 4 is 27.7 Å². The molecule has 1 saturated heterocycles. The number of halogens is 1. The molecule has 0 bridgehead atoms. The van der Waals surface area contributed by atoms with E-state index in [-0.39, 0.29) is 6.09 Å². The summed E-state index contributed by atoms with van der Waals surface area (Å²) in [6.07, 6.45) is -0.236. The van der Waals surface area contributed by atoms with Gasteiger partial charge in [-0.1, -0.05) is 24.3 Å². The maximum Gasteiger partial charge on any atom is 0.410 e. The molecule has 0 spiro atoms. The van der Waals surface area contributed by atoms with Crippen LogP contribution in [0, 0.1) is 0 Å². The molecule has 1 aliphatic heterocycles. The van der Waals surface area contributed by atoms with Crippen LogP contribution in [0.15, 0.2) is 46.9 Å². The second-order valence-corrected chi connectivity index (χ2v) is 8.68. The van der Waals surface area contributed by atoms with Gasteiger partial charge in [0.25, 0.3) is 0 Å². The van der Waals surface area contributed by atoms with Crippen molar-refractivity contribution in [3.05, 3.63) is 46.9 Å². The Morgan fingerprint density at radius 3 is 2.36 bits per heavy atom. The summed E-state index contributed by atoms with van der Waals surface area (Å²) in [6.45, 7) is 8.53. The molecule has 0 saturated carbocycles. The number of amides is 1. The highest BCUT2D eigenvalue weighted by molar-refractivity contribution is 9.10. The molecular weight excluding hydrogens is 420 g/mol. The Hall–Kier alpha value is -2.21. The van der Waals surface area contributed by atoms with Crippen LogP contribution in [0.5, 0.6) is 5.75 Å². The summed E-state index contributed by atoms with van der Waals surface area (Å²) in [5.41, 5.74) is 2.82. The molecule has 1 fully saturated rings. The Balaban J connectivity index is 1.73. The first kappa shape index (κ1) is 20.5. The Labute approximate surface area is 175 Å². The molecule has 1 aliphatic rings. The van der Waals surface area contributed by atoms with Crippen molar-refractivity contribution < 1.29 is 14.3 Å². The number of anilines is 1. The van der Waals surface area contributed by atoms with E-state index in [1.807, 2.05) is 32.9 Å². The van der Waals surface area contributed by atoms with Gasteiger partial charge in [0.05, 0.1) is 11.6 Å². The zero-order chi connectivity index (χ0) is 20.3. The minimum Gasteiger partial charge on any atom is -0.495 e. The molecule has 0 aliphatic carbocycles. The van der Waals surface area contributed by atoms with E-state index in [0.717, 1.165) is 40.1 Å². The molecule has 3 rings (SSSR count). The van der Waals surface area contributed by atoms with Gasteiger partial charge >= 0.3 is 6.09 Å². The number of methoxy groups -OCH3 is 1. The third-order valence-corrected chi connectivity index (χ3v) is 5.25. The van der Waals surface area contributed by atoms with Crippen LogP contribution in [0.4, 0.5) is 10.5 Å². The summed E-state index contributed by atoms with van der Waals surface area (Å²) in [7, 11) is 1.68. The summed E-state index contributed by atoms with van der Waals surface area (Å²) in [5.74, 6) is 0.828. The van der Waals surface area contributed by atoms with Crippen LogP contribution in [0.25, 0.3) is 11.1 Å². The van der Waals surface area contributed by atoms with Gasteiger partial charge in [0.15, 0.2) is 0 Å². The van der Waals surface area contributed by atoms with Crippen molar-refractivity contribution in [3.63, 3.8) is 0 Å². The first-order valence-electron chi connectivity index (χ1n) is 9.44. The van der Waals surface area contributed by atoms with E-state index in [4.69, 9.17) is 9.47 Å². The average Bonchev–Trinajstić information content (AvgIpc) is 2.66. The molecule has 0 unspecified atom stereocenters. The van der Waals surface area contributed by atoms with E-state index in [0.29, 0.717) is 13.1 Å². The van der Waals surface area contributed by atoms with Crippen LogP contribution in [0.2, 0.25) is 0 Å². The van der Waals surface area contributed by atoms with Crippen molar-refractivity contribution in [2.45, 2.75) is 26.4 Å². The molecule has 2 aromatic rings. The molecule has 0 radical (unpaired) electrons. The van der Waals surface area contributed by atoms with E-state index < -0.39 is 5.60 Å². The fraction of sp³-hybridized carbons (Fsp3) is 0.409. The van der Waals surface area contributed by atoms with Crippen molar-refractivity contribution in [2.75, 3.05) is 38.2 Å². The highest BCUT2D eigenvalue weighted by Gasteiger charge is 2.26. The monoisotopic (exact) mass is 446 g/mol. The van der Waals surface area contributed by atoms with Gasteiger partial charge in [0.2, 0.25) is 0 Å². The van der Waals surface area contributed by atoms with Gasteiger partial charge in [0.1, 0.15) is 11.4 Å². The van der Waals surface area contributed by atoms with Crippen molar-refractivity contribution in [1.82, 2.24) is 4.90 Å². The maximum atomic E-state index is 12.3. The molecule has 150 valence electrons. The predicted molar refractivity (Wildman–Crippen MR) is 116 cm³/mol. The lowest BCUT2D eigenvalue weighted by Crippen LogP contribution is -2.50. The van der Waals surface area contributed by atoms with E-state index >= 15 is 0 Å². The fourth-order valence-corrected chi connectivity index (χ4v) is 3.82. The minimum absolute atomic E-state index is 0.236. The van der Waals surface area contributed by atoms with Crippen LogP contribution in [0.3, 0.4) is 0 Å². The van der Waals surface area contributed by atoms with Crippen LogP contribution in [-0.4, -0.2) is 49.9 Å². The number of ether oxygens (including phenoxy) is 2. The Morgan fingerprint density at radius 2 is 1.71 bits per heavy atom. The van der Waals surface area contributed by atoms with Gasteiger partial charge in [0, 0.05) is 37.4 Å². The topological polar surface area (TPSA) is 42.0 Å². The maximum absolute atomic E-state index is 12.3. The largest absolute Gasteiger partial charge is 0.495 e. The fourth-order valence-electron chi connectivity index (χ4n) is 3.29. The van der Waals surface area contributed by atoms with Crippen LogP contribution >= 0.6 is 15.9 Å². The van der Waals surface area contributed by atoms with E-state index in [9.17, 15) is 4.79 Å². The van der Waals surface area contributed by atoms with Gasteiger partial charge in [-0.2, -0.15) is 0 Å². The second kappa shape index (κ2) is 8.43. The number of piperazine rings is 1. The summed E-state index contributed by atoms with van der Waals surface area (Å²) in [6, 6.07) is 14.5. The smallest absolute Gasteiger partial charge is 0.410 e. The average molecular weight is 447 g/mol. The third kappa shape index (κ3) is 4.79. The SMILES string of the molecule is COc1c(Br)cccc1-c1cccc(N2CCN(C(=O)OC(C)(C)C)CC2)c1. The first-order chi connectivity index (χ1) is 13.3. The number of rotatable bonds is 3. The summed E-state index contributed by atoms with van der Waals surface area (Å²) in [5, 5.41) is 0. The number of hydrogen-bond donors (Lipinski definition) is 0. The molecular formula is C22H27BrN2O3. The van der Waals surface area contributed by atoms with Gasteiger partial charge in [-0.15, -0.1) is 0 Å². The Morgan fingerprint density at radius 1 is 1.04 bits per heavy atom. The van der Waals surface area contributed by atoms with Crippen LogP contribution in [0.1, 0.15) is 20.8 Å². The first-order valence-corrected chi connectivity index (χ1v) is 10.2. The van der Waals surface area contributed by atoms with Gasteiger partial charge in [-0.25, -0.2) is 4.79 Å². The highest BCUT2D eigenvalue weighted by atomic mass is 79.9. The number of para-hydroxylation sites is 1. The van der Waals surface area contributed by atoms with Gasteiger partial charge < -0.3 is 19.3 Å². The molecule has 1 heterocycles. The number of hydrogen-bond acceptors (Lipinski definition) is 4. The molecule has 0 aromatic heterocycles. The van der Waals surface area contributed by atoms with Crippen LogP contribution in [-0.2, 0) is 4.74 Å². The lowest BCUT2D eigenvalue weighted by molar-refractivity contribution is 0.0240. The summed E-state index contributed by atoms with van der Waals surface area (Å²) < 4.78 is 12.0. The standard InChI is InChI=1S/C22H27BrN2O3/c1-22(2,3)28-21(26)25-13-11-24(12-14-25)17-8-5-7-16(15-17)18-9-6-10-19(23)20(18)27-4/h5-10,15H,11-14H2,1-4H3. The summed E-state index contributed by atoms with van der Waals surface area (Å²) in [4.78, 5) is 16.3. The molecule has 0 N–H and O–H groups in total. The third-order valence-electron chi connectivity index (χ3n) is 4.62. The zero-order valence-corrected chi connectivity index (χ0v) is 18.5. The number of benzene rings is 2. The predicted octanol–water partition coefficient (Wildman–Crippen LogP) is 5.18. The van der Waals surface area contributed by atoms with E-state index in [1.54, 1.807) is 12.0 Å². The van der Waals surface area contributed by atoms with Crippen molar-refractivity contribution in [1.29, 1.82) is 0 Å². The Bertz CT molecular complexity index is 840. The van der Waals surface area contributed by atoms with Crippen molar-refractivity contribution in [2.24, 2.45) is 0 Å². The lowest BCUT2D eigenvalue weighted by Gasteiger charge is -2.36. The lowest BCUT2D eigenvalue weighted by atomic mass is 10.0. The number of carbonyl (C=O) groups excluding carboxylic acids is 1. The number of carbonyl (C=O) groups is 1. The second-order valence-electron chi connectivity index (χ2n) is 7.83. The number of nitrogens with zero attached hydrogens (tertiary/aromatic N) is 2. The van der Waals surface area contributed by atoms with Crippen LogP contribution < -0.4 is 9.64 Å². The molecule has 5 nitrogen and oxygen atoms in total. The molecule has 2 aromatic carbocycles. The normalized spacial score (nSPS) is 14.8. The van der Waals surface area contributed by atoms with E-state index in [2.05, 4.69) is 51.2 Å². The summed E-state index contributed by atoms with van der Waals surface area (Å²) >= 11 is 3.56. The quantitative estimate of drug-likeness (QED) is 0.650. The van der Waals surface area contributed by atoms with Gasteiger partial charge in [-0.3, -0.25) is 0 Å².